The minimum Gasteiger partial charge on any atom is -0.314 e. The molecule has 1 N–H and O–H groups in total. The van der Waals surface area contributed by atoms with Gasteiger partial charge in [0.15, 0.2) is 0 Å². The molecule has 0 amide bonds. The predicted octanol–water partition coefficient (Wildman–Crippen LogP) is 3.84. The van der Waals surface area contributed by atoms with Crippen LogP contribution < -0.4 is 5.32 Å². The molecule has 1 aliphatic rings. The number of hydrogen-bond acceptors (Lipinski definition) is 1. The van der Waals surface area contributed by atoms with E-state index in [1.807, 2.05) is 0 Å². The maximum Gasteiger partial charge on any atom is 0.00977 e. The summed E-state index contributed by atoms with van der Waals surface area (Å²) in [5, 5.41) is 3.69. The van der Waals surface area contributed by atoms with Crippen molar-refractivity contribution in [1.82, 2.24) is 5.32 Å². The van der Waals surface area contributed by atoms with Crippen molar-refractivity contribution in [1.29, 1.82) is 0 Å². The molecule has 1 heteroatoms. The fourth-order valence-corrected chi connectivity index (χ4v) is 2.74. The molecule has 0 spiro atoms. The number of rotatable bonds is 8. The van der Waals surface area contributed by atoms with Gasteiger partial charge in [0.2, 0.25) is 0 Å². The van der Waals surface area contributed by atoms with E-state index in [9.17, 15) is 0 Å². The van der Waals surface area contributed by atoms with E-state index in [4.69, 9.17) is 0 Å². The highest BCUT2D eigenvalue weighted by molar-refractivity contribution is 4.87. The van der Waals surface area contributed by atoms with Crippen LogP contribution in [-0.2, 0) is 0 Å². The van der Waals surface area contributed by atoms with Gasteiger partial charge in [-0.1, -0.05) is 40.5 Å². The van der Waals surface area contributed by atoms with Crippen LogP contribution in [0, 0.1) is 17.8 Å². The van der Waals surface area contributed by atoms with E-state index in [0.29, 0.717) is 0 Å². The molecule has 1 rings (SSSR count). The number of hydrogen-bond donors (Lipinski definition) is 1. The molecule has 0 aromatic rings. The van der Waals surface area contributed by atoms with E-state index >= 15 is 0 Å². The monoisotopic (exact) mass is 211 g/mol. The normalized spacial score (nSPS) is 22.4. The van der Waals surface area contributed by atoms with Gasteiger partial charge in [0, 0.05) is 6.04 Å². The maximum atomic E-state index is 3.69. The van der Waals surface area contributed by atoms with E-state index in [-0.39, 0.29) is 0 Å². The Hall–Kier alpha value is -0.0400. The lowest BCUT2D eigenvalue weighted by atomic mass is 9.87. The summed E-state index contributed by atoms with van der Waals surface area (Å²) in [5.41, 5.74) is 0. The summed E-state index contributed by atoms with van der Waals surface area (Å²) >= 11 is 0. The molecule has 0 aromatic carbocycles. The molecular weight excluding hydrogens is 182 g/mol. The molecule has 0 aromatic heterocycles. The molecular formula is C14H29N. The van der Waals surface area contributed by atoms with Crippen LogP contribution in [0.25, 0.3) is 0 Å². The van der Waals surface area contributed by atoms with Gasteiger partial charge in [0.25, 0.3) is 0 Å². The van der Waals surface area contributed by atoms with Crippen molar-refractivity contribution in [3.05, 3.63) is 0 Å². The van der Waals surface area contributed by atoms with E-state index in [2.05, 4.69) is 33.0 Å². The first-order chi connectivity index (χ1) is 7.19. The highest BCUT2D eigenvalue weighted by Gasteiger charge is 2.33. The Bertz CT molecular complexity index is 163. The van der Waals surface area contributed by atoms with Gasteiger partial charge < -0.3 is 5.32 Å². The average Bonchev–Trinajstić information content (AvgIpc) is 2.99. The zero-order chi connectivity index (χ0) is 11.3. The minimum atomic E-state index is 0.768. The summed E-state index contributed by atoms with van der Waals surface area (Å²) < 4.78 is 0. The van der Waals surface area contributed by atoms with Gasteiger partial charge in [-0.3, -0.25) is 0 Å². The molecule has 0 aliphatic heterocycles. The van der Waals surface area contributed by atoms with Crippen molar-refractivity contribution < 1.29 is 0 Å². The second-order valence-electron chi connectivity index (χ2n) is 5.49. The Labute approximate surface area is 96.0 Å². The van der Waals surface area contributed by atoms with Crippen LogP contribution in [0.15, 0.2) is 0 Å². The molecule has 3 unspecified atom stereocenters. The lowest BCUT2D eigenvalue weighted by Crippen LogP contribution is -2.37. The van der Waals surface area contributed by atoms with E-state index in [1.165, 1.54) is 32.1 Å². The second kappa shape index (κ2) is 6.52. The largest absolute Gasteiger partial charge is 0.314 e. The molecule has 15 heavy (non-hydrogen) atoms. The second-order valence-corrected chi connectivity index (χ2v) is 5.49. The Balaban J connectivity index is 2.34. The van der Waals surface area contributed by atoms with Crippen LogP contribution in [0.5, 0.6) is 0 Å². The minimum absolute atomic E-state index is 0.768. The lowest BCUT2D eigenvalue weighted by molar-refractivity contribution is 0.286. The van der Waals surface area contributed by atoms with Crippen LogP contribution in [0.3, 0.4) is 0 Å². The standard InChI is InChI=1S/C14H29N/c1-5-7-11(3)10-14(15-6-2)12(4)13-8-9-13/h11-15H,5-10H2,1-4H3. The molecule has 1 aliphatic carbocycles. The summed E-state index contributed by atoms with van der Waals surface area (Å²) in [7, 11) is 0. The third-order valence-corrected chi connectivity index (χ3v) is 3.90. The highest BCUT2D eigenvalue weighted by atomic mass is 14.9. The third kappa shape index (κ3) is 4.55. The van der Waals surface area contributed by atoms with E-state index in [0.717, 1.165) is 30.3 Å². The maximum absolute atomic E-state index is 3.69. The molecule has 0 saturated heterocycles. The summed E-state index contributed by atoms with van der Waals surface area (Å²) in [4.78, 5) is 0. The van der Waals surface area contributed by atoms with Crippen molar-refractivity contribution >= 4 is 0 Å². The van der Waals surface area contributed by atoms with E-state index < -0.39 is 0 Å². The SMILES string of the molecule is CCCC(C)CC(NCC)C(C)C1CC1. The van der Waals surface area contributed by atoms with Crippen molar-refractivity contribution in [3.8, 4) is 0 Å². The first kappa shape index (κ1) is 13.0. The molecule has 0 bridgehead atoms. The van der Waals surface area contributed by atoms with Crippen molar-refractivity contribution in [3.63, 3.8) is 0 Å². The van der Waals surface area contributed by atoms with Crippen LogP contribution in [0.2, 0.25) is 0 Å². The molecule has 1 nitrogen and oxygen atoms in total. The molecule has 0 radical (unpaired) electrons. The summed E-state index contributed by atoms with van der Waals surface area (Å²) in [5.74, 6) is 2.81. The van der Waals surface area contributed by atoms with Crippen LogP contribution >= 0.6 is 0 Å². The van der Waals surface area contributed by atoms with Gasteiger partial charge in [-0.15, -0.1) is 0 Å². The average molecular weight is 211 g/mol. The Kier molecular flexibility index (Phi) is 5.66. The fraction of sp³-hybridized carbons (Fsp3) is 1.00. The summed E-state index contributed by atoms with van der Waals surface area (Å²) in [6.07, 6.45) is 7.05. The summed E-state index contributed by atoms with van der Waals surface area (Å²) in [6, 6.07) is 0.768. The van der Waals surface area contributed by atoms with Crippen molar-refractivity contribution in [2.24, 2.45) is 17.8 Å². The molecule has 3 atom stereocenters. The zero-order valence-corrected chi connectivity index (χ0v) is 11.1. The highest BCUT2D eigenvalue weighted by Crippen LogP contribution is 2.39. The van der Waals surface area contributed by atoms with Crippen LogP contribution in [0.4, 0.5) is 0 Å². The number of nitrogens with one attached hydrogen (secondary N) is 1. The van der Waals surface area contributed by atoms with Gasteiger partial charge in [-0.2, -0.15) is 0 Å². The first-order valence-electron chi connectivity index (χ1n) is 6.92. The fourth-order valence-electron chi connectivity index (χ4n) is 2.74. The molecule has 0 heterocycles. The van der Waals surface area contributed by atoms with Crippen molar-refractivity contribution in [2.45, 2.75) is 65.8 Å². The molecule has 1 fully saturated rings. The first-order valence-corrected chi connectivity index (χ1v) is 6.92. The summed E-state index contributed by atoms with van der Waals surface area (Å²) in [6.45, 7) is 10.5. The van der Waals surface area contributed by atoms with Gasteiger partial charge in [0.1, 0.15) is 0 Å². The zero-order valence-electron chi connectivity index (χ0n) is 11.1. The Morgan fingerprint density at radius 2 is 1.87 bits per heavy atom. The van der Waals surface area contributed by atoms with Gasteiger partial charge >= 0.3 is 0 Å². The molecule has 90 valence electrons. The Morgan fingerprint density at radius 1 is 1.20 bits per heavy atom. The van der Waals surface area contributed by atoms with Crippen LogP contribution in [0.1, 0.15) is 59.8 Å². The predicted molar refractivity (Wildman–Crippen MR) is 68.0 cm³/mol. The van der Waals surface area contributed by atoms with Crippen molar-refractivity contribution in [2.75, 3.05) is 6.54 Å². The van der Waals surface area contributed by atoms with Gasteiger partial charge in [0.05, 0.1) is 0 Å². The quantitative estimate of drug-likeness (QED) is 0.643. The Morgan fingerprint density at radius 3 is 2.33 bits per heavy atom. The topological polar surface area (TPSA) is 12.0 Å². The van der Waals surface area contributed by atoms with Gasteiger partial charge in [-0.25, -0.2) is 0 Å². The van der Waals surface area contributed by atoms with Crippen LogP contribution in [-0.4, -0.2) is 12.6 Å². The molecule has 1 saturated carbocycles. The lowest BCUT2D eigenvalue weighted by Gasteiger charge is -2.27. The third-order valence-electron chi connectivity index (χ3n) is 3.90. The smallest absolute Gasteiger partial charge is 0.00977 e. The van der Waals surface area contributed by atoms with Gasteiger partial charge in [-0.05, 0) is 43.6 Å². The van der Waals surface area contributed by atoms with E-state index in [1.54, 1.807) is 0 Å².